The molecular weight excluding hydrogens is 296 g/mol. The van der Waals surface area contributed by atoms with Gasteiger partial charge in [0, 0.05) is 28.9 Å². The maximum absolute atomic E-state index is 8.83. The van der Waals surface area contributed by atoms with E-state index in [1.807, 2.05) is 29.8 Å². The van der Waals surface area contributed by atoms with E-state index in [1.54, 1.807) is 12.3 Å². The summed E-state index contributed by atoms with van der Waals surface area (Å²) in [5, 5.41) is 11.9. The Balaban J connectivity index is 2.65. The second-order valence-electron chi connectivity index (χ2n) is 3.71. The first kappa shape index (κ1) is 12.6. The second kappa shape index (κ2) is 5.22. The minimum atomic E-state index is 0.0771. The second-order valence-corrected chi connectivity index (χ2v) is 4.63. The lowest BCUT2D eigenvalue weighted by Crippen LogP contribution is -2.16. The maximum atomic E-state index is 8.83. The third kappa shape index (κ3) is 2.24. The highest BCUT2D eigenvalue weighted by atomic mass is 79.9. The minimum absolute atomic E-state index is 0.0771. The Bertz CT molecular complexity index is 592. The number of nitrogens with zero attached hydrogens (tertiary/aromatic N) is 3. The van der Waals surface area contributed by atoms with E-state index in [-0.39, 0.29) is 5.84 Å². The number of oxime groups is 1. The zero-order valence-electron chi connectivity index (χ0n) is 9.84. The predicted octanol–water partition coefficient (Wildman–Crippen LogP) is 2.29. The van der Waals surface area contributed by atoms with Crippen LogP contribution in [0.2, 0.25) is 0 Å². The Hall–Kier alpha value is -1.82. The number of rotatable bonds is 3. The molecule has 0 radical (unpaired) electrons. The van der Waals surface area contributed by atoms with Gasteiger partial charge in [0.25, 0.3) is 0 Å². The average Bonchev–Trinajstić information content (AvgIpc) is 2.85. The summed E-state index contributed by atoms with van der Waals surface area (Å²) in [6.07, 6.45) is 4.39. The molecule has 0 saturated heterocycles. The molecule has 5 nitrogen and oxygen atoms in total. The number of amidine groups is 1. The van der Waals surface area contributed by atoms with Crippen LogP contribution in [0.4, 0.5) is 0 Å². The highest BCUT2D eigenvalue weighted by Gasteiger charge is 2.12. The molecule has 1 heterocycles. The Morgan fingerprint density at radius 3 is 3.00 bits per heavy atom. The fraction of sp³-hybridized carbons (Fsp3) is 0.167. The van der Waals surface area contributed by atoms with Gasteiger partial charge < -0.3 is 15.5 Å². The van der Waals surface area contributed by atoms with E-state index in [2.05, 4.69) is 26.1 Å². The van der Waals surface area contributed by atoms with Gasteiger partial charge in [-0.05, 0) is 18.2 Å². The zero-order chi connectivity index (χ0) is 13.1. The number of aromatic nitrogens is 2. The van der Waals surface area contributed by atoms with Gasteiger partial charge in [-0.3, -0.25) is 0 Å². The van der Waals surface area contributed by atoms with Crippen molar-refractivity contribution in [2.24, 2.45) is 10.9 Å². The third-order valence-corrected chi connectivity index (χ3v) is 3.13. The molecule has 3 N–H and O–H groups in total. The molecule has 0 aliphatic heterocycles. The Morgan fingerprint density at radius 1 is 1.56 bits per heavy atom. The van der Waals surface area contributed by atoms with E-state index >= 15 is 0 Å². The first-order chi connectivity index (χ1) is 8.67. The van der Waals surface area contributed by atoms with Crippen molar-refractivity contribution in [3.63, 3.8) is 0 Å². The van der Waals surface area contributed by atoms with E-state index in [9.17, 15) is 0 Å². The highest BCUT2D eigenvalue weighted by Crippen LogP contribution is 2.22. The van der Waals surface area contributed by atoms with Gasteiger partial charge in [0.15, 0.2) is 5.84 Å². The van der Waals surface area contributed by atoms with Crippen LogP contribution in [-0.4, -0.2) is 20.6 Å². The monoisotopic (exact) mass is 308 g/mol. The van der Waals surface area contributed by atoms with E-state index < -0.39 is 0 Å². The van der Waals surface area contributed by atoms with E-state index in [0.29, 0.717) is 5.56 Å². The van der Waals surface area contributed by atoms with Crippen LogP contribution in [0.15, 0.2) is 40.2 Å². The number of hydrogen-bond acceptors (Lipinski definition) is 3. The SMILES string of the molecule is CCc1nccn1-c1cc(Br)ccc1/C(N)=N/O. The van der Waals surface area contributed by atoms with Crippen LogP contribution < -0.4 is 5.73 Å². The van der Waals surface area contributed by atoms with Crippen LogP contribution in [0, 0.1) is 0 Å². The fourth-order valence-electron chi connectivity index (χ4n) is 1.79. The van der Waals surface area contributed by atoms with Crippen molar-refractivity contribution in [3.05, 3.63) is 46.5 Å². The number of benzene rings is 1. The molecule has 2 aromatic rings. The van der Waals surface area contributed by atoms with Gasteiger partial charge in [0.05, 0.1) is 5.69 Å². The summed E-state index contributed by atoms with van der Waals surface area (Å²) in [6, 6.07) is 5.56. The maximum Gasteiger partial charge on any atom is 0.172 e. The number of nitrogens with two attached hydrogens (primary N) is 1. The Labute approximate surface area is 113 Å². The summed E-state index contributed by atoms with van der Waals surface area (Å²) < 4.78 is 2.85. The van der Waals surface area contributed by atoms with Crippen LogP contribution in [0.25, 0.3) is 5.69 Å². The number of aryl methyl sites for hydroxylation is 1. The van der Waals surface area contributed by atoms with E-state index in [4.69, 9.17) is 10.9 Å². The van der Waals surface area contributed by atoms with Crippen molar-refractivity contribution >= 4 is 21.8 Å². The van der Waals surface area contributed by atoms with Crippen molar-refractivity contribution in [1.29, 1.82) is 0 Å². The summed E-state index contributed by atoms with van der Waals surface area (Å²) in [6.45, 7) is 2.03. The van der Waals surface area contributed by atoms with Crippen molar-refractivity contribution in [2.75, 3.05) is 0 Å². The highest BCUT2D eigenvalue weighted by molar-refractivity contribution is 9.10. The molecular formula is C12H13BrN4O. The predicted molar refractivity (Wildman–Crippen MR) is 73.2 cm³/mol. The summed E-state index contributed by atoms with van der Waals surface area (Å²) >= 11 is 3.42. The van der Waals surface area contributed by atoms with Crippen LogP contribution in [0.3, 0.4) is 0 Å². The molecule has 1 aromatic carbocycles. The molecule has 0 saturated carbocycles. The topological polar surface area (TPSA) is 76.4 Å². The van der Waals surface area contributed by atoms with Crippen molar-refractivity contribution in [1.82, 2.24) is 9.55 Å². The smallest absolute Gasteiger partial charge is 0.172 e. The summed E-state index contributed by atoms with van der Waals surface area (Å²) in [7, 11) is 0. The van der Waals surface area contributed by atoms with Crippen molar-refractivity contribution in [3.8, 4) is 5.69 Å². The lowest BCUT2D eigenvalue weighted by molar-refractivity contribution is 0.318. The van der Waals surface area contributed by atoms with Crippen molar-refractivity contribution < 1.29 is 5.21 Å². The minimum Gasteiger partial charge on any atom is -0.409 e. The van der Waals surface area contributed by atoms with Crippen LogP contribution in [-0.2, 0) is 6.42 Å². The summed E-state index contributed by atoms with van der Waals surface area (Å²) in [5.41, 5.74) is 7.18. The third-order valence-electron chi connectivity index (χ3n) is 2.64. The van der Waals surface area contributed by atoms with Gasteiger partial charge in [-0.1, -0.05) is 28.0 Å². The quantitative estimate of drug-likeness (QED) is 0.395. The van der Waals surface area contributed by atoms with Gasteiger partial charge in [-0.15, -0.1) is 0 Å². The molecule has 0 aliphatic carbocycles. The van der Waals surface area contributed by atoms with E-state index in [1.165, 1.54) is 0 Å². The van der Waals surface area contributed by atoms with E-state index in [0.717, 1.165) is 22.4 Å². The van der Waals surface area contributed by atoms with Gasteiger partial charge >= 0.3 is 0 Å². The Morgan fingerprint density at radius 2 is 2.33 bits per heavy atom. The summed E-state index contributed by atoms with van der Waals surface area (Å²) in [5.74, 6) is 0.994. The molecule has 0 unspecified atom stereocenters. The lowest BCUT2D eigenvalue weighted by Gasteiger charge is -2.12. The Kier molecular flexibility index (Phi) is 3.66. The molecule has 0 amide bonds. The van der Waals surface area contributed by atoms with Gasteiger partial charge in [0.1, 0.15) is 5.82 Å². The number of hydrogen-bond donors (Lipinski definition) is 2. The first-order valence-electron chi connectivity index (χ1n) is 5.47. The van der Waals surface area contributed by atoms with Gasteiger partial charge in [-0.2, -0.15) is 0 Å². The molecule has 0 aliphatic rings. The standard InChI is InChI=1S/C12H13BrN4O/c1-2-11-15-5-6-17(11)10-7-8(13)3-4-9(10)12(14)16-18/h3-7,18H,2H2,1H3,(H2,14,16). The van der Waals surface area contributed by atoms with Crippen LogP contribution >= 0.6 is 15.9 Å². The number of halogens is 1. The molecule has 0 atom stereocenters. The molecule has 1 aromatic heterocycles. The molecule has 2 rings (SSSR count). The van der Waals surface area contributed by atoms with Crippen molar-refractivity contribution in [2.45, 2.75) is 13.3 Å². The molecule has 94 valence electrons. The number of imidazole rings is 1. The molecule has 18 heavy (non-hydrogen) atoms. The summed E-state index contributed by atoms with van der Waals surface area (Å²) in [4.78, 5) is 4.27. The van der Waals surface area contributed by atoms with Gasteiger partial charge in [0.2, 0.25) is 0 Å². The molecule has 0 spiro atoms. The lowest BCUT2D eigenvalue weighted by atomic mass is 10.1. The van der Waals surface area contributed by atoms with Gasteiger partial charge in [-0.25, -0.2) is 4.98 Å². The molecule has 6 heteroatoms. The van der Waals surface area contributed by atoms with Crippen LogP contribution in [0.5, 0.6) is 0 Å². The first-order valence-corrected chi connectivity index (χ1v) is 6.26. The fourth-order valence-corrected chi connectivity index (χ4v) is 2.14. The molecule has 0 bridgehead atoms. The average molecular weight is 309 g/mol. The zero-order valence-corrected chi connectivity index (χ0v) is 11.4. The van der Waals surface area contributed by atoms with Crippen LogP contribution in [0.1, 0.15) is 18.3 Å². The molecule has 0 fully saturated rings. The normalized spacial score (nSPS) is 11.8. The largest absolute Gasteiger partial charge is 0.409 e.